The van der Waals surface area contributed by atoms with Crippen LogP contribution in [0.2, 0.25) is 0 Å². The topological polar surface area (TPSA) is 62.3 Å². The first kappa shape index (κ1) is 13.8. The SMILES string of the molecule is C=CCNc1cc(N(C)CC2COCCN2)ncn1. The highest BCUT2D eigenvalue weighted by molar-refractivity contribution is 5.48. The van der Waals surface area contributed by atoms with E-state index in [2.05, 4.69) is 32.1 Å². The Morgan fingerprint density at radius 3 is 3.26 bits per heavy atom. The summed E-state index contributed by atoms with van der Waals surface area (Å²) >= 11 is 0. The average molecular weight is 263 g/mol. The van der Waals surface area contributed by atoms with Crippen molar-refractivity contribution in [2.24, 2.45) is 0 Å². The van der Waals surface area contributed by atoms with Crippen LogP contribution in [0, 0.1) is 0 Å². The summed E-state index contributed by atoms with van der Waals surface area (Å²) in [6, 6.07) is 2.28. The van der Waals surface area contributed by atoms with E-state index in [-0.39, 0.29) is 0 Å². The van der Waals surface area contributed by atoms with Gasteiger partial charge in [-0.3, -0.25) is 0 Å². The van der Waals surface area contributed by atoms with Crippen LogP contribution in [0.5, 0.6) is 0 Å². The molecule has 1 aliphatic heterocycles. The van der Waals surface area contributed by atoms with Crippen molar-refractivity contribution < 1.29 is 4.74 Å². The van der Waals surface area contributed by atoms with E-state index >= 15 is 0 Å². The lowest BCUT2D eigenvalue weighted by Gasteiger charge is -2.28. The number of nitrogens with one attached hydrogen (secondary N) is 2. The van der Waals surface area contributed by atoms with E-state index in [0.29, 0.717) is 12.6 Å². The van der Waals surface area contributed by atoms with Crippen LogP contribution in [0.15, 0.2) is 25.0 Å². The Morgan fingerprint density at radius 1 is 1.63 bits per heavy atom. The Balaban J connectivity index is 1.93. The molecule has 1 atom stereocenters. The van der Waals surface area contributed by atoms with E-state index in [9.17, 15) is 0 Å². The van der Waals surface area contributed by atoms with Gasteiger partial charge in [0.15, 0.2) is 0 Å². The maximum atomic E-state index is 5.45. The van der Waals surface area contributed by atoms with E-state index < -0.39 is 0 Å². The van der Waals surface area contributed by atoms with Crippen LogP contribution in [0.25, 0.3) is 0 Å². The number of morpholine rings is 1. The highest BCUT2D eigenvalue weighted by Crippen LogP contribution is 2.13. The summed E-state index contributed by atoms with van der Waals surface area (Å²) in [5, 5.41) is 6.59. The van der Waals surface area contributed by atoms with Crippen molar-refractivity contribution >= 4 is 11.6 Å². The van der Waals surface area contributed by atoms with Gasteiger partial charge in [0, 0.05) is 38.8 Å². The fraction of sp³-hybridized carbons (Fsp3) is 0.538. The number of rotatable bonds is 6. The third kappa shape index (κ3) is 4.18. The van der Waals surface area contributed by atoms with Gasteiger partial charge in [-0.15, -0.1) is 6.58 Å². The molecule has 6 heteroatoms. The summed E-state index contributed by atoms with van der Waals surface area (Å²) in [4.78, 5) is 10.6. The van der Waals surface area contributed by atoms with Gasteiger partial charge >= 0.3 is 0 Å². The van der Waals surface area contributed by atoms with Gasteiger partial charge in [0.05, 0.1) is 13.2 Å². The summed E-state index contributed by atoms with van der Waals surface area (Å²) in [5.74, 6) is 1.71. The van der Waals surface area contributed by atoms with Gasteiger partial charge in [0.2, 0.25) is 0 Å². The van der Waals surface area contributed by atoms with Gasteiger partial charge in [-0.25, -0.2) is 9.97 Å². The standard InChI is InChI=1S/C13H21N5O/c1-3-4-15-12-7-13(17-10-16-12)18(2)8-11-9-19-6-5-14-11/h3,7,10-11,14H,1,4-6,8-9H2,2H3,(H,15,16,17). The third-order valence-electron chi connectivity index (χ3n) is 2.96. The molecule has 0 bridgehead atoms. The first-order valence-electron chi connectivity index (χ1n) is 6.48. The van der Waals surface area contributed by atoms with Crippen LogP contribution >= 0.6 is 0 Å². The van der Waals surface area contributed by atoms with E-state index in [0.717, 1.165) is 37.9 Å². The molecule has 1 fully saturated rings. The molecule has 104 valence electrons. The van der Waals surface area contributed by atoms with Crippen molar-refractivity contribution in [1.82, 2.24) is 15.3 Å². The summed E-state index contributed by atoms with van der Waals surface area (Å²) < 4.78 is 5.45. The average Bonchev–Trinajstić information content (AvgIpc) is 2.46. The van der Waals surface area contributed by atoms with Crippen molar-refractivity contribution in [3.63, 3.8) is 0 Å². The molecule has 19 heavy (non-hydrogen) atoms. The molecular weight excluding hydrogens is 242 g/mol. The summed E-state index contributed by atoms with van der Waals surface area (Å²) in [6.45, 7) is 7.68. The predicted octanol–water partition coefficient (Wildman–Crippen LogP) is 0.499. The highest BCUT2D eigenvalue weighted by Gasteiger charge is 2.16. The van der Waals surface area contributed by atoms with Crippen LogP contribution in [-0.2, 0) is 4.74 Å². The lowest BCUT2D eigenvalue weighted by atomic mass is 10.2. The number of ether oxygens (including phenoxy) is 1. The van der Waals surface area contributed by atoms with E-state index in [1.165, 1.54) is 0 Å². The quantitative estimate of drug-likeness (QED) is 0.729. The molecule has 2 N–H and O–H groups in total. The fourth-order valence-corrected chi connectivity index (χ4v) is 1.99. The minimum Gasteiger partial charge on any atom is -0.378 e. The van der Waals surface area contributed by atoms with Gasteiger partial charge in [-0.05, 0) is 0 Å². The van der Waals surface area contributed by atoms with Crippen molar-refractivity contribution in [1.29, 1.82) is 0 Å². The molecule has 0 aromatic carbocycles. The summed E-state index contributed by atoms with van der Waals surface area (Å²) in [5.41, 5.74) is 0. The fourth-order valence-electron chi connectivity index (χ4n) is 1.99. The Labute approximate surface area is 113 Å². The smallest absolute Gasteiger partial charge is 0.133 e. The number of aromatic nitrogens is 2. The first-order chi connectivity index (χ1) is 9.29. The van der Waals surface area contributed by atoms with Crippen molar-refractivity contribution in [2.45, 2.75) is 6.04 Å². The summed E-state index contributed by atoms with van der Waals surface area (Å²) in [6.07, 6.45) is 3.37. The van der Waals surface area contributed by atoms with Gasteiger partial charge in [-0.1, -0.05) is 6.08 Å². The molecule has 1 aromatic rings. The van der Waals surface area contributed by atoms with Crippen LogP contribution in [0.4, 0.5) is 11.6 Å². The third-order valence-corrected chi connectivity index (χ3v) is 2.96. The van der Waals surface area contributed by atoms with Gasteiger partial charge < -0.3 is 20.3 Å². The largest absolute Gasteiger partial charge is 0.378 e. The molecule has 0 radical (unpaired) electrons. The minimum atomic E-state index is 0.346. The number of hydrogen-bond acceptors (Lipinski definition) is 6. The zero-order chi connectivity index (χ0) is 13.5. The maximum Gasteiger partial charge on any atom is 0.133 e. The monoisotopic (exact) mass is 263 g/mol. The molecule has 1 saturated heterocycles. The molecule has 1 aromatic heterocycles. The zero-order valence-corrected chi connectivity index (χ0v) is 11.3. The van der Waals surface area contributed by atoms with Crippen molar-refractivity contribution in [2.75, 3.05) is 50.1 Å². The molecule has 2 heterocycles. The van der Waals surface area contributed by atoms with E-state index in [1.54, 1.807) is 12.4 Å². The van der Waals surface area contributed by atoms with E-state index in [1.807, 2.05) is 13.1 Å². The van der Waals surface area contributed by atoms with Gasteiger partial charge in [-0.2, -0.15) is 0 Å². The van der Waals surface area contributed by atoms with Crippen LogP contribution < -0.4 is 15.5 Å². The number of hydrogen-bond donors (Lipinski definition) is 2. The normalized spacial score (nSPS) is 18.9. The maximum absolute atomic E-state index is 5.45. The minimum absolute atomic E-state index is 0.346. The Bertz CT molecular complexity index is 406. The Hall–Kier alpha value is -1.66. The van der Waals surface area contributed by atoms with Gasteiger partial charge in [0.25, 0.3) is 0 Å². The number of nitrogens with zero attached hydrogens (tertiary/aromatic N) is 3. The molecule has 1 aliphatic rings. The molecule has 0 spiro atoms. The molecule has 0 amide bonds. The van der Waals surface area contributed by atoms with Crippen molar-refractivity contribution in [3.8, 4) is 0 Å². The second-order valence-electron chi connectivity index (χ2n) is 4.54. The second-order valence-corrected chi connectivity index (χ2v) is 4.54. The lowest BCUT2D eigenvalue weighted by molar-refractivity contribution is 0.0790. The first-order valence-corrected chi connectivity index (χ1v) is 6.48. The molecular formula is C13H21N5O. The molecule has 0 saturated carbocycles. The second kappa shape index (κ2) is 7.06. The van der Waals surface area contributed by atoms with Crippen LogP contribution in [0.1, 0.15) is 0 Å². The summed E-state index contributed by atoms with van der Waals surface area (Å²) in [7, 11) is 2.02. The Morgan fingerprint density at radius 2 is 2.53 bits per heavy atom. The number of likely N-dealkylation sites (N-methyl/N-ethyl adjacent to an activating group) is 1. The van der Waals surface area contributed by atoms with Crippen LogP contribution in [-0.4, -0.2) is 55.9 Å². The van der Waals surface area contributed by atoms with Crippen LogP contribution in [0.3, 0.4) is 0 Å². The molecule has 2 rings (SSSR count). The van der Waals surface area contributed by atoms with Crippen molar-refractivity contribution in [3.05, 3.63) is 25.0 Å². The highest BCUT2D eigenvalue weighted by atomic mass is 16.5. The molecule has 1 unspecified atom stereocenters. The number of anilines is 2. The molecule has 6 nitrogen and oxygen atoms in total. The predicted molar refractivity (Wildman–Crippen MR) is 76.6 cm³/mol. The van der Waals surface area contributed by atoms with Gasteiger partial charge in [0.1, 0.15) is 18.0 Å². The van der Waals surface area contributed by atoms with E-state index in [4.69, 9.17) is 4.74 Å². The zero-order valence-electron chi connectivity index (χ0n) is 11.3. The lowest BCUT2D eigenvalue weighted by Crippen LogP contribution is -2.47. The molecule has 0 aliphatic carbocycles. The Kier molecular flexibility index (Phi) is 5.11.